The second-order valence-electron chi connectivity index (χ2n) is 4.21. The summed E-state index contributed by atoms with van der Waals surface area (Å²) in [6.07, 6.45) is 2.06. The van der Waals surface area contributed by atoms with E-state index in [0.717, 1.165) is 11.3 Å². The Hall–Kier alpha value is -1.92. The first-order valence-corrected chi connectivity index (χ1v) is 7.38. The molecule has 0 aliphatic carbocycles. The minimum atomic E-state index is -0.126. The Morgan fingerprint density at radius 2 is 1.95 bits per heavy atom. The lowest BCUT2D eigenvalue weighted by molar-refractivity contribution is 0.900. The Kier molecular flexibility index (Phi) is 4.88. The Labute approximate surface area is 118 Å². The van der Waals surface area contributed by atoms with Crippen LogP contribution in [0.25, 0.3) is 0 Å². The molecule has 0 amide bonds. The summed E-state index contributed by atoms with van der Waals surface area (Å²) >= 11 is 1.71. The molecular weight excluding hydrogens is 252 g/mol. The minimum absolute atomic E-state index is 0.126. The number of hydrogen-bond acceptors (Lipinski definition) is 3. The first-order valence-electron chi connectivity index (χ1n) is 6.16. The van der Waals surface area contributed by atoms with Crippen LogP contribution in [0.4, 0.5) is 5.69 Å². The van der Waals surface area contributed by atoms with Gasteiger partial charge in [0.15, 0.2) is 0 Å². The van der Waals surface area contributed by atoms with E-state index in [2.05, 4.69) is 29.8 Å². The van der Waals surface area contributed by atoms with Gasteiger partial charge in [0.1, 0.15) is 0 Å². The SMILES string of the molecule is CSc1cccc(NCC(C#N)c2ccccc2)c1. The lowest BCUT2D eigenvalue weighted by Crippen LogP contribution is -2.11. The molecule has 0 aliphatic heterocycles. The Morgan fingerprint density at radius 1 is 1.16 bits per heavy atom. The van der Waals surface area contributed by atoms with Crippen molar-refractivity contribution in [3.8, 4) is 6.07 Å². The number of nitrogens with one attached hydrogen (secondary N) is 1. The number of hydrogen-bond donors (Lipinski definition) is 1. The van der Waals surface area contributed by atoms with Crippen molar-refractivity contribution in [1.82, 2.24) is 0 Å². The zero-order valence-corrected chi connectivity index (χ0v) is 11.7. The molecule has 2 rings (SSSR count). The van der Waals surface area contributed by atoms with Crippen LogP contribution in [0, 0.1) is 11.3 Å². The van der Waals surface area contributed by atoms with Crippen LogP contribution in [0.3, 0.4) is 0 Å². The summed E-state index contributed by atoms with van der Waals surface area (Å²) in [5.41, 5.74) is 2.11. The zero-order valence-electron chi connectivity index (χ0n) is 10.8. The molecule has 96 valence electrons. The van der Waals surface area contributed by atoms with Gasteiger partial charge in [-0.3, -0.25) is 0 Å². The summed E-state index contributed by atoms with van der Waals surface area (Å²) in [6.45, 7) is 0.623. The molecule has 0 radical (unpaired) electrons. The van der Waals surface area contributed by atoms with Gasteiger partial charge < -0.3 is 5.32 Å². The Balaban J connectivity index is 2.02. The predicted octanol–water partition coefficient (Wildman–Crippen LogP) is 4.13. The molecule has 0 aliphatic rings. The number of nitriles is 1. The second-order valence-corrected chi connectivity index (χ2v) is 5.08. The van der Waals surface area contributed by atoms with Gasteiger partial charge in [-0.05, 0) is 30.0 Å². The number of benzene rings is 2. The minimum Gasteiger partial charge on any atom is -0.383 e. The van der Waals surface area contributed by atoms with E-state index in [9.17, 15) is 5.26 Å². The summed E-state index contributed by atoms with van der Waals surface area (Å²) in [6, 6.07) is 20.5. The summed E-state index contributed by atoms with van der Waals surface area (Å²) in [5.74, 6) is -0.126. The van der Waals surface area contributed by atoms with Gasteiger partial charge >= 0.3 is 0 Å². The van der Waals surface area contributed by atoms with Crippen LogP contribution in [0.2, 0.25) is 0 Å². The highest BCUT2D eigenvalue weighted by atomic mass is 32.2. The van der Waals surface area contributed by atoms with Gasteiger partial charge in [-0.2, -0.15) is 5.26 Å². The van der Waals surface area contributed by atoms with Gasteiger partial charge in [0.05, 0.1) is 12.0 Å². The third-order valence-corrected chi connectivity index (χ3v) is 3.66. The van der Waals surface area contributed by atoms with Crippen LogP contribution in [0.5, 0.6) is 0 Å². The van der Waals surface area contributed by atoms with Crippen molar-refractivity contribution >= 4 is 17.4 Å². The van der Waals surface area contributed by atoms with Gasteiger partial charge in [0.25, 0.3) is 0 Å². The van der Waals surface area contributed by atoms with Gasteiger partial charge in [0, 0.05) is 17.1 Å². The average Bonchev–Trinajstić information content (AvgIpc) is 2.49. The topological polar surface area (TPSA) is 35.8 Å². The fourth-order valence-electron chi connectivity index (χ4n) is 1.88. The molecule has 1 N–H and O–H groups in total. The fourth-order valence-corrected chi connectivity index (χ4v) is 2.34. The lowest BCUT2D eigenvalue weighted by Gasteiger charge is -2.12. The summed E-state index contributed by atoms with van der Waals surface area (Å²) in [5, 5.41) is 12.6. The third kappa shape index (κ3) is 3.77. The molecule has 2 nitrogen and oxygen atoms in total. The molecule has 0 spiro atoms. The van der Waals surface area contributed by atoms with Crippen molar-refractivity contribution < 1.29 is 0 Å². The van der Waals surface area contributed by atoms with E-state index in [1.165, 1.54) is 4.90 Å². The molecule has 0 bridgehead atoms. The number of anilines is 1. The van der Waals surface area contributed by atoms with Crippen molar-refractivity contribution in [3.63, 3.8) is 0 Å². The van der Waals surface area contributed by atoms with Crippen molar-refractivity contribution in [2.45, 2.75) is 10.8 Å². The highest BCUT2D eigenvalue weighted by molar-refractivity contribution is 7.98. The number of rotatable bonds is 5. The quantitative estimate of drug-likeness (QED) is 0.828. The van der Waals surface area contributed by atoms with Crippen molar-refractivity contribution in [2.75, 3.05) is 18.1 Å². The van der Waals surface area contributed by atoms with Crippen molar-refractivity contribution in [1.29, 1.82) is 5.26 Å². The van der Waals surface area contributed by atoms with E-state index in [1.54, 1.807) is 11.8 Å². The first-order chi connectivity index (χ1) is 9.33. The van der Waals surface area contributed by atoms with E-state index in [4.69, 9.17) is 0 Å². The van der Waals surface area contributed by atoms with Gasteiger partial charge in [-0.25, -0.2) is 0 Å². The standard InChI is InChI=1S/C16H16N2S/c1-19-16-9-5-8-15(10-16)18-12-14(11-17)13-6-3-2-4-7-13/h2-10,14,18H,12H2,1H3. The number of nitrogens with zero attached hydrogens (tertiary/aromatic N) is 1. The molecule has 1 unspecified atom stereocenters. The summed E-state index contributed by atoms with van der Waals surface area (Å²) in [7, 11) is 0. The highest BCUT2D eigenvalue weighted by Crippen LogP contribution is 2.20. The lowest BCUT2D eigenvalue weighted by atomic mass is 10.0. The smallest absolute Gasteiger partial charge is 0.0885 e. The van der Waals surface area contributed by atoms with Crippen LogP contribution in [-0.2, 0) is 0 Å². The predicted molar refractivity (Wildman–Crippen MR) is 81.5 cm³/mol. The molecule has 3 heteroatoms. The zero-order chi connectivity index (χ0) is 13.5. The maximum atomic E-state index is 9.26. The summed E-state index contributed by atoms with van der Waals surface area (Å²) in [4.78, 5) is 1.22. The third-order valence-electron chi connectivity index (χ3n) is 2.94. The first kappa shape index (κ1) is 13.5. The largest absolute Gasteiger partial charge is 0.383 e. The fraction of sp³-hybridized carbons (Fsp3) is 0.188. The Bertz CT molecular complexity index is 560. The van der Waals surface area contributed by atoms with E-state index in [1.807, 2.05) is 42.5 Å². The van der Waals surface area contributed by atoms with E-state index < -0.39 is 0 Å². The molecule has 0 aromatic heterocycles. The molecule has 0 heterocycles. The van der Waals surface area contributed by atoms with Crippen LogP contribution in [0.15, 0.2) is 59.5 Å². The molecule has 2 aromatic rings. The second kappa shape index (κ2) is 6.86. The van der Waals surface area contributed by atoms with Gasteiger partial charge in [-0.1, -0.05) is 36.4 Å². The monoisotopic (exact) mass is 268 g/mol. The number of thioether (sulfide) groups is 1. The normalized spacial score (nSPS) is 11.6. The van der Waals surface area contributed by atoms with Crippen LogP contribution < -0.4 is 5.32 Å². The van der Waals surface area contributed by atoms with Crippen LogP contribution in [-0.4, -0.2) is 12.8 Å². The van der Waals surface area contributed by atoms with Crippen LogP contribution >= 0.6 is 11.8 Å². The molecule has 2 aromatic carbocycles. The van der Waals surface area contributed by atoms with E-state index in [-0.39, 0.29) is 5.92 Å². The van der Waals surface area contributed by atoms with E-state index >= 15 is 0 Å². The average molecular weight is 268 g/mol. The van der Waals surface area contributed by atoms with Crippen molar-refractivity contribution in [3.05, 3.63) is 60.2 Å². The Morgan fingerprint density at radius 3 is 2.63 bits per heavy atom. The molecule has 0 saturated heterocycles. The maximum Gasteiger partial charge on any atom is 0.0885 e. The van der Waals surface area contributed by atoms with Crippen LogP contribution in [0.1, 0.15) is 11.5 Å². The molecular formula is C16H16N2S. The van der Waals surface area contributed by atoms with Crippen molar-refractivity contribution in [2.24, 2.45) is 0 Å². The maximum absolute atomic E-state index is 9.26. The molecule has 0 fully saturated rings. The highest BCUT2D eigenvalue weighted by Gasteiger charge is 2.09. The molecule has 0 saturated carbocycles. The molecule has 1 atom stereocenters. The van der Waals surface area contributed by atoms with E-state index in [0.29, 0.717) is 6.54 Å². The summed E-state index contributed by atoms with van der Waals surface area (Å²) < 4.78 is 0. The molecule has 19 heavy (non-hydrogen) atoms. The van der Waals surface area contributed by atoms with Gasteiger partial charge in [0.2, 0.25) is 0 Å². The van der Waals surface area contributed by atoms with Gasteiger partial charge in [-0.15, -0.1) is 11.8 Å².